The molecular formula is C16H24N2O2. The van der Waals surface area contributed by atoms with E-state index in [1.807, 2.05) is 32.0 Å². The summed E-state index contributed by atoms with van der Waals surface area (Å²) in [4.78, 5) is 16.0. The second-order valence-electron chi connectivity index (χ2n) is 5.76. The summed E-state index contributed by atoms with van der Waals surface area (Å²) in [6, 6.07) is 10.6. The normalized spacial score (nSPS) is 23.4. The number of carboxylic acids is 1. The number of benzene rings is 1. The topological polar surface area (TPSA) is 43.8 Å². The number of carbonyl (C=O) groups is 1. The van der Waals surface area contributed by atoms with Crippen molar-refractivity contribution in [3.05, 3.63) is 30.3 Å². The van der Waals surface area contributed by atoms with Crippen molar-refractivity contribution in [2.75, 3.05) is 24.5 Å². The largest absolute Gasteiger partial charge is 0.480 e. The van der Waals surface area contributed by atoms with Crippen LogP contribution in [0.25, 0.3) is 0 Å². The van der Waals surface area contributed by atoms with Gasteiger partial charge < -0.3 is 10.0 Å². The first kappa shape index (κ1) is 14.9. The molecule has 1 saturated heterocycles. The molecule has 1 aromatic carbocycles. The maximum atomic E-state index is 11.6. The quantitative estimate of drug-likeness (QED) is 0.917. The van der Waals surface area contributed by atoms with Crippen LogP contribution in [0.4, 0.5) is 5.69 Å². The Kier molecular flexibility index (Phi) is 4.33. The van der Waals surface area contributed by atoms with Crippen LogP contribution in [-0.4, -0.2) is 47.2 Å². The van der Waals surface area contributed by atoms with Gasteiger partial charge in [-0.05, 0) is 32.4 Å². The lowest BCUT2D eigenvalue weighted by Crippen LogP contribution is -2.61. The molecule has 1 unspecified atom stereocenters. The van der Waals surface area contributed by atoms with Crippen molar-refractivity contribution < 1.29 is 9.90 Å². The number of carboxylic acid groups (broad SMARTS) is 1. The van der Waals surface area contributed by atoms with Crippen molar-refractivity contribution in [1.29, 1.82) is 0 Å². The van der Waals surface area contributed by atoms with Crippen LogP contribution in [0.1, 0.15) is 27.2 Å². The molecule has 0 aromatic heterocycles. The van der Waals surface area contributed by atoms with Gasteiger partial charge in [-0.1, -0.05) is 25.1 Å². The molecule has 20 heavy (non-hydrogen) atoms. The van der Waals surface area contributed by atoms with Gasteiger partial charge >= 0.3 is 5.97 Å². The Bertz CT molecular complexity index is 463. The molecular weight excluding hydrogens is 252 g/mol. The molecule has 0 bridgehead atoms. The summed E-state index contributed by atoms with van der Waals surface area (Å²) < 4.78 is 0. The fourth-order valence-electron chi connectivity index (χ4n) is 2.92. The third kappa shape index (κ3) is 2.66. The molecule has 1 aliphatic heterocycles. The smallest absolute Gasteiger partial charge is 0.323 e. The number of anilines is 1. The Balaban J connectivity index is 2.11. The standard InChI is InChI=1S/C16H24N2O2/c1-4-16(3,15(19)20)17-10-11-18(13(2)12-17)14-8-6-5-7-9-14/h5-9,13H,4,10-12H2,1-3H3,(H,19,20)/t13-,16?/m1/s1. The lowest BCUT2D eigenvalue weighted by molar-refractivity contribution is -0.151. The maximum Gasteiger partial charge on any atom is 0.323 e. The van der Waals surface area contributed by atoms with E-state index in [2.05, 4.69) is 28.9 Å². The molecule has 4 heteroatoms. The molecule has 2 atom stereocenters. The predicted molar refractivity (Wildman–Crippen MR) is 81.2 cm³/mol. The van der Waals surface area contributed by atoms with Crippen LogP contribution in [-0.2, 0) is 4.79 Å². The number of nitrogens with zero attached hydrogens (tertiary/aromatic N) is 2. The average Bonchev–Trinajstić information content (AvgIpc) is 2.47. The van der Waals surface area contributed by atoms with Gasteiger partial charge in [-0.15, -0.1) is 0 Å². The highest BCUT2D eigenvalue weighted by molar-refractivity contribution is 5.78. The van der Waals surface area contributed by atoms with Crippen LogP contribution < -0.4 is 4.90 Å². The molecule has 1 aromatic rings. The summed E-state index contributed by atoms with van der Waals surface area (Å²) in [5.74, 6) is -0.722. The monoisotopic (exact) mass is 276 g/mol. The predicted octanol–water partition coefficient (Wildman–Crippen LogP) is 2.45. The van der Waals surface area contributed by atoms with Gasteiger partial charge in [0, 0.05) is 31.4 Å². The van der Waals surface area contributed by atoms with E-state index < -0.39 is 11.5 Å². The fraction of sp³-hybridized carbons (Fsp3) is 0.562. The van der Waals surface area contributed by atoms with Crippen LogP contribution in [0.15, 0.2) is 30.3 Å². The summed E-state index contributed by atoms with van der Waals surface area (Å²) in [7, 11) is 0. The zero-order valence-electron chi connectivity index (χ0n) is 12.5. The summed E-state index contributed by atoms with van der Waals surface area (Å²) in [5, 5.41) is 9.50. The first-order chi connectivity index (χ1) is 9.49. The number of hydrogen-bond acceptors (Lipinski definition) is 3. The lowest BCUT2D eigenvalue weighted by atomic mass is 9.94. The first-order valence-electron chi connectivity index (χ1n) is 7.29. The molecule has 0 spiro atoms. The molecule has 1 N–H and O–H groups in total. The van der Waals surface area contributed by atoms with Crippen molar-refractivity contribution in [2.24, 2.45) is 0 Å². The molecule has 0 radical (unpaired) electrons. The van der Waals surface area contributed by atoms with Crippen molar-refractivity contribution in [3.8, 4) is 0 Å². The molecule has 4 nitrogen and oxygen atoms in total. The zero-order chi connectivity index (χ0) is 14.8. The van der Waals surface area contributed by atoms with E-state index in [4.69, 9.17) is 0 Å². The van der Waals surface area contributed by atoms with E-state index in [1.165, 1.54) is 5.69 Å². The Labute approximate surface area is 121 Å². The molecule has 110 valence electrons. The molecule has 1 heterocycles. The molecule has 1 fully saturated rings. The number of piperazine rings is 1. The van der Waals surface area contributed by atoms with Crippen molar-refractivity contribution in [3.63, 3.8) is 0 Å². The van der Waals surface area contributed by atoms with Gasteiger partial charge in [-0.2, -0.15) is 0 Å². The lowest BCUT2D eigenvalue weighted by Gasteiger charge is -2.47. The number of hydrogen-bond donors (Lipinski definition) is 1. The van der Waals surface area contributed by atoms with Crippen molar-refractivity contribution in [1.82, 2.24) is 4.90 Å². The fourth-order valence-corrected chi connectivity index (χ4v) is 2.92. The van der Waals surface area contributed by atoms with Crippen LogP contribution in [0.3, 0.4) is 0 Å². The second kappa shape index (κ2) is 5.83. The van der Waals surface area contributed by atoms with Crippen LogP contribution in [0, 0.1) is 0 Å². The van der Waals surface area contributed by atoms with Crippen molar-refractivity contribution >= 4 is 11.7 Å². The molecule has 0 amide bonds. The summed E-state index contributed by atoms with van der Waals surface area (Å²) in [5.41, 5.74) is 0.463. The van der Waals surface area contributed by atoms with E-state index in [1.54, 1.807) is 0 Å². The molecule has 0 saturated carbocycles. The molecule has 1 aliphatic rings. The highest BCUT2D eigenvalue weighted by Crippen LogP contribution is 2.26. The third-order valence-corrected chi connectivity index (χ3v) is 4.56. The van der Waals surface area contributed by atoms with Gasteiger partial charge in [0.15, 0.2) is 0 Å². The van der Waals surface area contributed by atoms with Gasteiger partial charge in [0.25, 0.3) is 0 Å². The number of aliphatic carboxylic acids is 1. The van der Waals surface area contributed by atoms with E-state index >= 15 is 0 Å². The Morgan fingerprint density at radius 1 is 1.35 bits per heavy atom. The number of rotatable bonds is 4. The van der Waals surface area contributed by atoms with Crippen LogP contribution >= 0.6 is 0 Å². The SMILES string of the molecule is CCC(C)(C(=O)O)N1CCN(c2ccccc2)[C@H](C)C1. The average molecular weight is 276 g/mol. The molecule has 2 rings (SSSR count). The minimum absolute atomic E-state index is 0.316. The van der Waals surface area contributed by atoms with E-state index in [-0.39, 0.29) is 0 Å². The number of para-hydroxylation sites is 1. The van der Waals surface area contributed by atoms with Gasteiger partial charge in [0.1, 0.15) is 5.54 Å². The highest BCUT2D eigenvalue weighted by atomic mass is 16.4. The summed E-state index contributed by atoms with van der Waals surface area (Å²) in [6.07, 6.45) is 0.625. The Morgan fingerprint density at radius 2 is 2.00 bits per heavy atom. The second-order valence-corrected chi connectivity index (χ2v) is 5.76. The minimum atomic E-state index is -0.753. The Morgan fingerprint density at radius 3 is 2.50 bits per heavy atom. The van der Waals surface area contributed by atoms with E-state index in [0.717, 1.165) is 19.6 Å². The summed E-state index contributed by atoms with van der Waals surface area (Å²) >= 11 is 0. The zero-order valence-corrected chi connectivity index (χ0v) is 12.5. The van der Waals surface area contributed by atoms with Gasteiger partial charge in [0.2, 0.25) is 0 Å². The van der Waals surface area contributed by atoms with E-state index in [0.29, 0.717) is 12.5 Å². The third-order valence-electron chi connectivity index (χ3n) is 4.56. The Hall–Kier alpha value is -1.55. The van der Waals surface area contributed by atoms with E-state index in [9.17, 15) is 9.90 Å². The maximum absolute atomic E-state index is 11.6. The van der Waals surface area contributed by atoms with Crippen LogP contribution in [0.2, 0.25) is 0 Å². The molecule has 0 aliphatic carbocycles. The highest BCUT2D eigenvalue weighted by Gasteiger charge is 2.40. The van der Waals surface area contributed by atoms with Crippen LogP contribution in [0.5, 0.6) is 0 Å². The van der Waals surface area contributed by atoms with Gasteiger partial charge in [0.05, 0.1) is 0 Å². The first-order valence-corrected chi connectivity index (χ1v) is 7.29. The summed E-state index contributed by atoms with van der Waals surface area (Å²) in [6.45, 7) is 8.38. The van der Waals surface area contributed by atoms with Crippen molar-refractivity contribution in [2.45, 2.75) is 38.8 Å². The minimum Gasteiger partial charge on any atom is -0.480 e. The van der Waals surface area contributed by atoms with Gasteiger partial charge in [-0.25, -0.2) is 0 Å². The van der Waals surface area contributed by atoms with Gasteiger partial charge in [-0.3, -0.25) is 9.69 Å².